The number of nitrogens with zero attached hydrogens (tertiary/aromatic N) is 2. The molecule has 0 saturated carbocycles. The van der Waals surface area contributed by atoms with E-state index in [1.807, 2.05) is 20.9 Å². The average Bonchev–Trinajstić information content (AvgIpc) is 3.27. The van der Waals surface area contributed by atoms with Gasteiger partial charge in [0, 0.05) is 22.9 Å². The number of benzene rings is 6. The van der Waals surface area contributed by atoms with Crippen molar-refractivity contribution in [3.05, 3.63) is 131 Å². The van der Waals surface area contributed by atoms with Crippen LogP contribution in [-0.2, 0) is 12.3 Å². The highest BCUT2D eigenvalue weighted by molar-refractivity contribution is 7.98. The summed E-state index contributed by atoms with van der Waals surface area (Å²) in [5, 5.41) is 7.47. The lowest BCUT2D eigenvalue weighted by atomic mass is 9.85. The first-order chi connectivity index (χ1) is 21.0. The van der Waals surface area contributed by atoms with Crippen LogP contribution in [0.3, 0.4) is 0 Å². The topological polar surface area (TPSA) is 26.9 Å². The van der Waals surface area contributed by atoms with Crippen molar-refractivity contribution in [3.63, 3.8) is 0 Å². The van der Waals surface area contributed by atoms with Gasteiger partial charge in [-0.25, -0.2) is 4.79 Å². The van der Waals surface area contributed by atoms with Crippen LogP contribution in [-0.4, -0.2) is 9.13 Å². The average molecular weight is 577 g/mol. The van der Waals surface area contributed by atoms with Gasteiger partial charge in [0.05, 0.1) is 11.4 Å². The number of hydrogen-bond acceptors (Lipinski definition) is 2. The first-order valence-corrected chi connectivity index (χ1v) is 16.0. The highest BCUT2D eigenvalue weighted by Gasteiger charge is 2.26. The van der Waals surface area contributed by atoms with E-state index in [0.717, 1.165) is 34.3 Å². The van der Waals surface area contributed by atoms with Gasteiger partial charge in [-0.2, -0.15) is 0 Å². The molecule has 210 valence electrons. The van der Waals surface area contributed by atoms with Crippen LogP contribution in [0.5, 0.6) is 0 Å². The Kier molecular flexibility index (Phi) is 6.09. The minimum absolute atomic E-state index is 0.0751. The second-order valence-electron chi connectivity index (χ2n) is 12.0. The van der Waals surface area contributed by atoms with Crippen LogP contribution in [0.4, 0.5) is 0 Å². The van der Waals surface area contributed by atoms with Gasteiger partial charge in [0.2, 0.25) is 0 Å². The number of fused-ring (bicyclic) bond motifs is 6. The summed E-state index contributed by atoms with van der Waals surface area (Å²) in [6.07, 6.45) is 0. The Hall–Kier alpha value is -4.54. The van der Waals surface area contributed by atoms with E-state index in [0.29, 0.717) is 5.92 Å². The van der Waals surface area contributed by atoms with Crippen LogP contribution in [0, 0.1) is 12.8 Å². The Labute approximate surface area is 255 Å². The fourth-order valence-corrected chi connectivity index (χ4v) is 8.05. The quantitative estimate of drug-likeness (QED) is 0.195. The summed E-state index contributed by atoms with van der Waals surface area (Å²) in [7, 11) is 0. The first kappa shape index (κ1) is 26.1. The number of rotatable bonds is 4. The van der Waals surface area contributed by atoms with Gasteiger partial charge in [-0.05, 0) is 85.6 Å². The Balaban J connectivity index is 1.36. The molecule has 0 aliphatic carbocycles. The molecule has 0 fully saturated rings. The number of hydrogen-bond donors (Lipinski definition) is 0. The van der Waals surface area contributed by atoms with Crippen molar-refractivity contribution in [1.82, 2.24) is 9.13 Å². The Bertz CT molecular complexity index is 2230. The molecule has 1 aliphatic heterocycles. The smallest absolute Gasteiger partial charge is 0.296 e. The molecule has 1 aromatic heterocycles. The minimum Gasteiger partial charge on any atom is -0.296 e. The van der Waals surface area contributed by atoms with Crippen LogP contribution in [0.15, 0.2) is 119 Å². The summed E-state index contributed by atoms with van der Waals surface area (Å²) in [4.78, 5) is 14.8. The van der Waals surface area contributed by atoms with E-state index in [4.69, 9.17) is 0 Å². The van der Waals surface area contributed by atoms with E-state index in [-0.39, 0.29) is 5.69 Å². The van der Waals surface area contributed by atoms with Gasteiger partial charge >= 0.3 is 5.69 Å². The first-order valence-electron chi connectivity index (χ1n) is 15.0. The summed E-state index contributed by atoms with van der Waals surface area (Å²) in [5.41, 5.74) is 8.19. The van der Waals surface area contributed by atoms with Crippen LogP contribution < -0.4 is 5.69 Å². The molecule has 0 atom stereocenters. The predicted molar refractivity (Wildman–Crippen MR) is 183 cm³/mol. The largest absolute Gasteiger partial charge is 0.333 e. The molecule has 0 spiro atoms. The third-order valence-corrected chi connectivity index (χ3v) is 9.94. The summed E-state index contributed by atoms with van der Waals surface area (Å²) in [5.74, 6) is 1.21. The van der Waals surface area contributed by atoms with Gasteiger partial charge in [-0.15, -0.1) is 11.8 Å². The molecule has 0 radical (unpaired) electrons. The Morgan fingerprint density at radius 2 is 1.26 bits per heavy atom. The predicted octanol–water partition coefficient (Wildman–Crippen LogP) is 10.0. The maximum atomic E-state index is 13.6. The zero-order chi connectivity index (χ0) is 29.2. The van der Waals surface area contributed by atoms with Crippen molar-refractivity contribution >= 4 is 44.1 Å². The van der Waals surface area contributed by atoms with Crippen molar-refractivity contribution in [2.45, 2.75) is 38.0 Å². The molecule has 0 unspecified atom stereocenters. The van der Waals surface area contributed by atoms with E-state index in [1.165, 1.54) is 54.6 Å². The minimum atomic E-state index is 0.0751. The standard InChI is InChI=1S/C39H32N2OS/c1-24(2)22-40-25(3)35-23-43-36-21-29(18-19-34(36)41(35)39(40)42)38-32-14-8-6-12-30(32)37(31-13-7-9-15-33(31)38)28-17-16-26-10-4-5-11-27(26)20-28/h4-21,24H,22-23H2,1-3H3. The Morgan fingerprint density at radius 1 is 0.698 bits per heavy atom. The van der Waals surface area contributed by atoms with Gasteiger partial charge < -0.3 is 0 Å². The molecule has 43 heavy (non-hydrogen) atoms. The molecule has 6 aromatic carbocycles. The number of thioether (sulfide) groups is 1. The maximum Gasteiger partial charge on any atom is 0.333 e. The summed E-state index contributed by atoms with van der Waals surface area (Å²) in [6, 6.07) is 39.6. The van der Waals surface area contributed by atoms with Crippen molar-refractivity contribution in [3.8, 4) is 27.9 Å². The van der Waals surface area contributed by atoms with Gasteiger partial charge in [0.25, 0.3) is 0 Å². The zero-order valence-electron chi connectivity index (χ0n) is 24.6. The maximum absolute atomic E-state index is 13.6. The van der Waals surface area contributed by atoms with Crippen molar-refractivity contribution in [2.75, 3.05) is 0 Å². The SMILES string of the molecule is Cc1c2n(c(=O)n1CC(C)C)-c1ccc(-c3c4ccccc4c(-c4ccc5ccccc5c4)c4ccccc34)cc1SC2. The van der Waals surface area contributed by atoms with Crippen LogP contribution >= 0.6 is 11.8 Å². The molecular weight excluding hydrogens is 545 g/mol. The summed E-state index contributed by atoms with van der Waals surface area (Å²) in [6.45, 7) is 7.16. The second-order valence-corrected chi connectivity index (χ2v) is 13.0. The van der Waals surface area contributed by atoms with Gasteiger partial charge in [0.15, 0.2) is 0 Å². The molecule has 0 saturated heterocycles. The monoisotopic (exact) mass is 576 g/mol. The molecule has 2 heterocycles. The normalized spacial score (nSPS) is 12.7. The third kappa shape index (κ3) is 4.08. The van der Waals surface area contributed by atoms with Crippen LogP contribution in [0.1, 0.15) is 25.2 Å². The Morgan fingerprint density at radius 3 is 1.88 bits per heavy atom. The van der Waals surface area contributed by atoms with Crippen molar-refractivity contribution in [2.24, 2.45) is 5.92 Å². The lowest BCUT2D eigenvalue weighted by Gasteiger charge is -2.21. The van der Waals surface area contributed by atoms with Gasteiger partial charge in [0.1, 0.15) is 0 Å². The molecule has 0 amide bonds. The van der Waals surface area contributed by atoms with E-state index < -0.39 is 0 Å². The third-order valence-electron chi connectivity index (χ3n) is 8.89. The summed E-state index contributed by atoms with van der Waals surface area (Å²) < 4.78 is 3.91. The summed E-state index contributed by atoms with van der Waals surface area (Å²) >= 11 is 1.83. The lowest BCUT2D eigenvalue weighted by Crippen LogP contribution is -2.26. The highest BCUT2D eigenvalue weighted by Crippen LogP contribution is 2.46. The molecule has 4 heteroatoms. The molecule has 0 bridgehead atoms. The number of aromatic nitrogens is 2. The fourth-order valence-electron chi connectivity index (χ4n) is 6.91. The second kappa shape index (κ2) is 10.0. The van der Waals surface area contributed by atoms with Crippen LogP contribution in [0.2, 0.25) is 0 Å². The molecule has 7 aromatic rings. The highest BCUT2D eigenvalue weighted by atomic mass is 32.2. The van der Waals surface area contributed by atoms with E-state index >= 15 is 0 Å². The van der Waals surface area contributed by atoms with E-state index in [1.54, 1.807) is 0 Å². The van der Waals surface area contributed by atoms with Crippen LogP contribution in [0.25, 0.3) is 60.3 Å². The van der Waals surface area contributed by atoms with Crippen molar-refractivity contribution < 1.29 is 0 Å². The molecule has 1 aliphatic rings. The van der Waals surface area contributed by atoms with Gasteiger partial charge in [-0.1, -0.05) is 105 Å². The molecule has 0 N–H and O–H groups in total. The molecular formula is C39H32N2OS. The lowest BCUT2D eigenvalue weighted by molar-refractivity contribution is 0.501. The molecule has 3 nitrogen and oxygen atoms in total. The van der Waals surface area contributed by atoms with Gasteiger partial charge in [-0.3, -0.25) is 9.13 Å². The zero-order valence-corrected chi connectivity index (χ0v) is 25.4. The van der Waals surface area contributed by atoms with Crippen molar-refractivity contribution in [1.29, 1.82) is 0 Å². The fraction of sp³-hybridized carbons (Fsp3) is 0.154. The molecule has 8 rings (SSSR count). The van der Waals surface area contributed by atoms with E-state index in [2.05, 4.69) is 130 Å². The number of imidazole rings is 1. The van der Waals surface area contributed by atoms with E-state index in [9.17, 15) is 4.79 Å².